The third-order valence-corrected chi connectivity index (χ3v) is 6.59. The van der Waals surface area contributed by atoms with Gasteiger partial charge in [0.2, 0.25) is 17.7 Å². The van der Waals surface area contributed by atoms with Gasteiger partial charge in [0, 0.05) is 37.7 Å². The topological polar surface area (TPSA) is 78.5 Å². The van der Waals surface area contributed by atoms with Gasteiger partial charge >= 0.3 is 0 Å². The zero-order valence-electron chi connectivity index (χ0n) is 17.0. The number of carbonyl (C=O) groups excluding carboxylic acids is 3. The Kier molecular flexibility index (Phi) is 6.16. The summed E-state index contributed by atoms with van der Waals surface area (Å²) in [6.07, 6.45) is 9.04. The van der Waals surface area contributed by atoms with Gasteiger partial charge in [0.15, 0.2) is 0 Å². The van der Waals surface area contributed by atoms with Crippen LogP contribution < -0.4 is 15.5 Å². The van der Waals surface area contributed by atoms with Crippen LogP contribution in [0.25, 0.3) is 0 Å². The van der Waals surface area contributed by atoms with Crippen molar-refractivity contribution in [3.63, 3.8) is 0 Å². The zero-order valence-corrected chi connectivity index (χ0v) is 17.0. The molecule has 0 bridgehead atoms. The van der Waals surface area contributed by atoms with Crippen molar-refractivity contribution in [3.05, 3.63) is 29.3 Å². The highest BCUT2D eigenvalue weighted by atomic mass is 16.2. The molecule has 1 aromatic rings. The Balaban J connectivity index is 1.22. The number of rotatable bonds is 6. The first-order valence-electron chi connectivity index (χ1n) is 11.1. The molecule has 6 heteroatoms. The van der Waals surface area contributed by atoms with Gasteiger partial charge in [0.25, 0.3) is 0 Å². The van der Waals surface area contributed by atoms with E-state index in [1.165, 1.54) is 24.0 Å². The maximum absolute atomic E-state index is 12.5. The van der Waals surface area contributed by atoms with Crippen LogP contribution in [0.2, 0.25) is 0 Å². The van der Waals surface area contributed by atoms with E-state index in [2.05, 4.69) is 22.8 Å². The summed E-state index contributed by atoms with van der Waals surface area (Å²) in [7, 11) is 0. The summed E-state index contributed by atoms with van der Waals surface area (Å²) in [5.74, 6) is -0.182. The fourth-order valence-corrected chi connectivity index (χ4v) is 4.88. The zero-order chi connectivity index (χ0) is 20.2. The van der Waals surface area contributed by atoms with E-state index in [0.29, 0.717) is 19.6 Å². The molecule has 0 radical (unpaired) electrons. The maximum atomic E-state index is 12.5. The van der Waals surface area contributed by atoms with E-state index in [0.717, 1.165) is 44.2 Å². The van der Waals surface area contributed by atoms with Crippen LogP contribution in [-0.4, -0.2) is 37.4 Å². The Morgan fingerprint density at radius 2 is 1.59 bits per heavy atom. The smallest absolute Gasteiger partial charge is 0.227 e. The first kappa shape index (κ1) is 19.9. The van der Waals surface area contributed by atoms with Crippen LogP contribution in [-0.2, 0) is 27.2 Å². The SMILES string of the molecule is O=C(NCCNC(=O)C1CC(=O)N(c2ccc3c(c2)CCC3)C1)C1CCCCC1. The number of nitrogens with zero attached hydrogens (tertiary/aromatic N) is 1. The van der Waals surface area contributed by atoms with E-state index in [4.69, 9.17) is 0 Å². The normalized spacial score (nSPS) is 21.9. The standard InChI is InChI=1S/C23H31N3O3/c27-21-14-19(15-26(21)20-10-9-16-7-4-8-18(16)13-20)23(29)25-12-11-24-22(28)17-5-2-1-3-6-17/h9-10,13,17,19H,1-8,11-12,14-15H2,(H,24,28)(H,25,29). The van der Waals surface area contributed by atoms with Crippen molar-refractivity contribution in [2.75, 3.05) is 24.5 Å². The number of aryl methyl sites for hydroxylation is 2. The Bertz CT molecular complexity index is 786. The molecule has 1 unspecified atom stereocenters. The minimum atomic E-state index is -0.329. The average Bonchev–Trinajstić information content (AvgIpc) is 3.37. The Hall–Kier alpha value is -2.37. The van der Waals surface area contributed by atoms with Crippen LogP contribution in [0.3, 0.4) is 0 Å². The lowest BCUT2D eigenvalue weighted by molar-refractivity contribution is -0.127. The minimum Gasteiger partial charge on any atom is -0.354 e. The first-order chi connectivity index (χ1) is 14.1. The van der Waals surface area contributed by atoms with Gasteiger partial charge in [-0.1, -0.05) is 25.3 Å². The molecule has 0 aromatic heterocycles. The van der Waals surface area contributed by atoms with Crippen LogP contribution in [0, 0.1) is 11.8 Å². The molecule has 156 valence electrons. The van der Waals surface area contributed by atoms with Gasteiger partial charge in [-0.25, -0.2) is 0 Å². The molecule has 1 aliphatic heterocycles. The number of benzene rings is 1. The molecular formula is C23H31N3O3. The van der Waals surface area contributed by atoms with Crippen molar-refractivity contribution >= 4 is 23.4 Å². The van der Waals surface area contributed by atoms with E-state index in [-0.39, 0.29) is 36.0 Å². The van der Waals surface area contributed by atoms with Crippen LogP contribution in [0.15, 0.2) is 18.2 Å². The largest absolute Gasteiger partial charge is 0.354 e. The predicted molar refractivity (Wildman–Crippen MR) is 112 cm³/mol. The minimum absolute atomic E-state index is 0.00805. The van der Waals surface area contributed by atoms with E-state index in [1.54, 1.807) is 4.90 Å². The summed E-state index contributed by atoms with van der Waals surface area (Å²) in [4.78, 5) is 38.9. The molecule has 1 atom stereocenters. The van der Waals surface area contributed by atoms with E-state index in [1.807, 2.05) is 6.07 Å². The first-order valence-corrected chi connectivity index (χ1v) is 11.1. The second-order valence-electron chi connectivity index (χ2n) is 8.63. The highest BCUT2D eigenvalue weighted by molar-refractivity contribution is 6.00. The number of anilines is 1. The monoisotopic (exact) mass is 397 g/mol. The second-order valence-corrected chi connectivity index (χ2v) is 8.63. The van der Waals surface area contributed by atoms with Crippen molar-refractivity contribution in [2.24, 2.45) is 11.8 Å². The Morgan fingerprint density at radius 3 is 2.34 bits per heavy atom. The van der Waals surface area contributed by atoms with Gasteiger partial charge in [0.05, 0.1) is 5.92 Å². The van der Waals surface area contributed by atoms with Gasteiger partial charge in [-0.3, -0.25) is 14.4 Å². The lowest BCUT2D eigenvalue weighted by Gasteiger charge is -2.21. The van der Waals surface area contributed by atoms with Gasteiger partial charge in [-0.15, -0.1) is 0 Å². The van der Waals surface area contributed by atoms with E-state index >= 15 is 0 Å². The molecule has 3 amide bonds. The Morgan fingerprint density at radius 1 is 0.897 bits per heavy atom. The van der Waals surface area contributed by atoms with E-state index in [9.17, 15) is 14.4 Å². The number of hydrogen-bond donors (Lipinski definition) is 2. The third kappa shape index (κ3) is 4.62. The van der Waals surface area contributed by atoms with Crippen LogP contribution in [0.4, 0.5) is 5.69 Å². The number of hydrogen-bond acceptors (Lipinski definition) is 3. The highest BCUT2D eigenvalue weighted by Gasteiger charge is 2.35. The molecule has 4 rings (SSSR count). The van der Waals surface area contributed by atoms with Crippen molar-refractivity contribution < 1.29 is 14.4 Å². The van der Waals surface area contributed by atoms with Crippen molar-refractivity contribution in [2.45, 2.75) is 57.8 Å². The van der Waals surface area contributed by atoms with Gasteiger partial charge in [-0.05, 0) is 55.4 Å². The fraction of sp³-hybridized carbons (Fsp3) is 0.609. The summed E-state index contributed by atoms with van der Waals surface area (Å²) in [6, 6.07) is 6.23. The number of fused-ring (bicyclic) bond motifs is 1. The number of nitrogens with one attached hydrogen (secondary N) is 2. The molecule has 29 heavy (non-hydrogen) atoms. The van der Waals surface area contributed by atoms with Gasteiger partial charge in [0.1, 0.15) is 0 Å². The van der Waals surface area contributed by atoms with Crippen molar-refractivity contribution in [3.8, 4) is 0 Å². The molecule has 2 fully saturated rings. The molecule has 1 aromatic carbocycles. The fourth-order valence-electron chi connectivity index (χ4n) is 4.88. The van der Waals surface area contributed by atoms with Gasteiger partial charge in [-0.2, -0.15) is 0 Å². The van der Waals surface area contributed by atoms with Crippen molar-refractivity contribution in [1.29, 1.82) is 0 Å². The molecule has 2 N–H and O–H groups in total. The molecule has 1 heterocycles. The molecule has 0 spiro atoms. The third-order valence-electron chi connectivity index (χ3n) is 6.59. The lowest BCUT2D eigenvalue weighted by Crippen LogP contribution is -2.40. The molecule has 1 saturated carbocycles. The molecule has 3 aliphatic rings. The highest BCUT2D eigenvalue weighted by Crippen LogP contribution is 2.30. The van der Waals surface area contributed by atoms with E-state index < -0.39 is 0 Å². The summed E-state index contributed by atoms with van der Waals surface area (Å²) < 4.78 is 0. The van der Waals surface area contributed by atoms with Gasteiger partial charge < -0.3 is 15.5 Å². The second kappa shape index (κ2) is 8.97. The molecule has 2 aliphatic carbocycles. The van der Waals surface area contributed by atoms with Crippen LogP contribution >= 0.6 is 0 Å². The predicted octanol–water partition coefficient (Wildman–Crippen LogP) is 2.34. The quantitative estimate of drug-likeness (QED) is 0.723. The summed E-state index contributed by atoms with van der Waals surface area (Å²) in [5.41, 5.74) is 3.62. The van der Waals surface area contributed by atoms with Crippen molar-refractivity contribution in [1.82, 2.24) is 10.6 Å². The van der Waals surface area contributed by atoms with Crippen LogP contribution in [0.5, 0.6) is 0 Å². The molecule has 6 nitrogen and oxygen atoms in total. The number of carbonyl (C=O) groups is 3. The average molecular weight is 398 g/mol. The summed E-state index contributed by atoms with van der Waals surface area (Å²) in [5, 5.41) is 5.82. The number of amides is 3. The Labute approximate surface area is 172 Å². The molecular weight excluding hydrogens is 366 g/mol. The lowest BCUT2D eigenvalue weighted by atomic mass is 9.89. The molecule has 1 saturated heterocycles. The van der Waals surface area contributed by atoms with Crippen LogP contribution in [0.1, 0.15) is 56.1 Å². The maximum Gasteiger partial charge on any atom is 0.227 e. The summed E-state index contributed by atoms with van der Waals surface area (Å²) in [6.45, 7) is 1.27. The summed E-state index contributed by atoms with van der Waals surface area (Å²) >= 11 is 0.